The lowest BCUT2D eigenvalue weighted by atomic mass is 10.3. The predicted molar refractivity (Wildman–Crippen MR) is 59.2 cm³/mol. The number of hydrogen-bond donors (Lipinski definition) is 0. The summed E-state index contributed by atoms with van der Waals surface area (Å²) in [6, 6.07) is 5.76. The quantitative estimate of drug-likeness (QED) is 0.578. The third-order valence-electron chi connectivity index (χ3n) is 1.85. The Kier molecular flexibility index (Phi) is 3.30. The Morgan fingerprint density at radius 3 is 2.71 bits per heavy atom. The summed E-state index contributed by atoms with van der Waals surface area (Å²) in [4.78, 5) is 4.19. The molecule has 0 saturated heterocycles. The van der Waals surface area contributed by atoms with Crippen LogP contribution in [0.5, 0.6) is 0 Å². The molecular weight excluding hydrogens is 172 g/mol. The van der Waals surface area contributed by atoms with Crippen molar-refractivity contribution in [3.63, 3.8) is 0 Å². The lowest BCUT2D eigenvalue weighted by Crippen LogP contribution is -1.92. The van der Waals surface area contributed by atoms with Gasteiger partial charge < -0.3 is 0 Å². The van der Waals surface area contributed by atoms with Crippen LogP contribution >= 0.6 is 0 Å². The Balaban J connectivity index is 0.000000461. The monoisotopic (exact) mass is 186 g/mol. The van der Waals surface area contributed by atoms with Crippen molar-refractivity contribution in [2.24, 2.45) is 0 Å². The average Bonchev–Trinajstić information content (AvgIpc) is 2.64. The van der Waals surface area contributed by atoms with Gasteiger partial charge in [0, 0.05) is 11.9 Å². The average molecular weight is 186 g/mol. The molecule has 0 bridgehead atoms. The van der Waals surface area contributed by atoms with Crippen LogP contribution in [0.2, 0.25) is 0 Å². The van der Waals surface area contributed by atoms with Gasteiger partial charge in [-0.1, -0.05) is 25.8 Å². The normalized spacial score (nSPS) is 9.00. The molecule has 0 aliphatic rings. The molecule has 2 rings (SSSR count). The maximum Gasteiger partial charge on any atom is 0.137 e. The SMILES string of the molecule is C#Cc1cccc2ncc(C)n12.CC. The molecule has 2 nitrogen and oxygen atoms in total. The summed E-state index contributed by atoms with van der Waals surface area (Å²) in [6.07, 6.45) is 7.16. The van der Waals surface area contributed by atoms with E-state index in [2.05, 4.69) is 10.9 Å². The van der Waals surface area contributed by atoms with Crippen LogP contribution < -0.4 is 0 Å². The molecule has 2 heterocycles. The van der Waals surface area contributed by atoms with Gasteiger partial charge in [0.2, 0.25) is 0 Å². The Morgan fingerprint density at radius 1 is 1.36 bits per heavy atom. The number of rotatable bonds is 0. The topological polar surface area (TPSA) is 17.3 Å². The fourth-order valence-corrected chi connectivity index (χ4v) is 1.30. The van der Waals surface area contributed by atoms with Gasteiger partial charge in [-0.05, 0) is 19.1 Å². The van der Waals surface area contributed by atoms with E-state index in [4.69, 9.17) is 6.42 Å². The van der Waals surface area contributed by atoms with Crippen LogP contribution in [0.25, 0.3) is 5.65 Å². The van der Waals surface area contributed by atoms with Crippen LogP contribution in [0.15, 0.2) is 24.4 Å². The standard InChI is InChI=1S/C10H8N2.C2H6/c1-3-9-5-4-6-10-11-7-8(2)12(9)10;1-2/h1,4-7H,2H3;1-2H3. The second kappa shape index (κ2) is 4.48. The van der Waals surface area contributed by atoms with E-state index in [1.807, 2.05) is 49.6 Å². The molecule has 0 atom stereocenters. The van der Waals surface area contributed by atoms with Crippen LogP contribution in [-0.4, -0.2) is 9.38 Å². The van der Waals surface area contributed by atoms with Gasteiger partial charge in [-0.2, -0.15) is 0 Å². The Labute approximate surface area is 84.6 Å². The molecule has 0 radical (unpaired) electrons. The molecule has 0 saturated carbocycles. The minimum Gasteiger partial charge on any atom is -0.290 e. The minimum absolute atomic E-state index is 0.850. The summed E-state index contributed by atoms with van der Waals surface area (Å²) < 4.78 is 1.96. The van der Waals surface area contributed by atoms with Crippen molar-refractivity contribution >= 4 is 5.65 Å². The number of fused-ring (bicyclic) bond motifs is 1. The van der Waals surface area contributed by atoms with E-state index < -0.39 is 0 Å². The lowest BCUT2D eigenvalue weighted by molar-refractivity contribution is 1.09. The van der Waals surface area contributed by atoms with Crippen molar-refractivity contribution in [3.8, 4) is 12.3 Å². The van der Waals surface area contributed by atoms with Gasteiger partial charge in [-0.15, -0.1) is 6.42 Å². The predicted octanol–water partition coefficient (Wildman–Crippen LogP) is 2.65. The van der Waals surface area contributed by atoms with Gasteiger partial charge in [0.15, 0.2) is 0 Å². The Morgan fingerprint density at radius 2 is 2.07 bits per heavy atom. The molecule has 0 aromatic carbocycles. The smallest absolute Gasteiger partial charge is 0.137 e. The van der Waals surface area contributed by atoms with Crippen molar-refractivity contribution in [2.45, 2.75) is 20.8 Å². The van der Waals surface area contributed by atoms with E-state index in [0.29, 0.717) is 0 Å². The van der Waals surface area contributed by atoms with Crippen LogP contribution in [0.3, 0.4) is 0 Å². The van der Waals surface area contributed by atoms with E-state index in [0.717, 1.165) is 17.0 Å². The van der Waals surface area contributed by atoms with Gasteiger partial charge >= 0.3 is 0 Å². The number of hydrogen-bond acceptors (Lipinski definition) is 1. The minimum atomic E-state index is 0.850. The zero-order valence-corrected chi connectivity index (χ0v) is 8.78. The number of aryl methyl sites for hydroxylation is 1. The molecule has 0 amide bonds. The molecular formula is C12H14N2. The fourth-order valence-electron chi connectivity index (χ4n) is 1.30. The first kappa shape index (κ1) is 10.3. The summed E-state index contributed by atoms with van der Waals surface area (Å²) in [6.45, 7) is 5.99. The Bertz CT molecular complexity index is 461. The van der Waals surface area contributed by atoms with Crippen LogP contribution in [0.1, 0.15) is 25.2 Å². The molecule has 0 unspecified atom stereocenters. The molecule has 2 aromatic rings. The molecule has 72 valence electrons. The summed E-state index contributed by atoms with van der Waals surface area (Å²) in [7, 11) is 0. The number of aromatic nitrogens is 2. The lowest BCUT2D eigenvalue weighted by Gasteiger charge is -1.98. The van der Waals surface area contributed by atoms with E-state index in [1.54, 1.807) is 0 Å². The number of imidazole rings is 1. The molecule has 2 aromatic heterocycles. The van der Waals surface area contributed by atoms with Crippen LogP contribution in [0.4, 0.5) is 0 Å². The van der Waals surface area contributed by atoms with Gasteiger partial charge in [0.25, 0.3) is 0 Å². The van der Waals surface area contributed by atoms with Crippen LogP contribution in [-0.2, 0) is 0 Å². The zero-order valence-electron chi connectivity index (χ0n) is 8.78. The second-order valence-corrected chi connectivity index (χ2v) is 2.65. The first-order chi connectivity index (χ1) is 6.83. The number of nitrogens with zero attached hydrogens (tertiary/aromatic N) is 2. The van der Waals surface area contributed by atoms with Gasteiger partial charge in [-0.25, -0.2) is 4.98 Å². The maximum absolute atomic E-state index is 5.35. The van der Waals surface area contributed by atoms with E-state index >= 15 is 0 Å². The third kappa shape index (κ3) is 1.62. The Hall–Kier alpha value is -1.75. The molecule has 14 heavy (non-hydrogen) atoms. The van der Waals surface area contributed by atoms with Crippen molar-refractivity contribution in [1.82, 2.24) is 9.38 Å². The highest BCUT2D eigenvalue weighted by atomic mass is 15.0. The summed E-state index contributed by atoms with van der Waals surface area (Å²) in [5.74, 6) is 2.62. The number of terminal acetylenes is 1. The van der Waals surface area contributed by atoms with E-state index in [1.165, 1.54) is 0 Å². The van der Waals surface area contributed by atoms with E-state index in [9.17, 15) is 0 Å². The van der Waals surface area contributed by atoms with Crippen molar-refractivity contribution < 1.29 is 0 Å². The zero-order chi connectivity index (χ0) is 10.6. The van der Waals surface area contributed by atoms with Gasteiger partial charge in [-0.3, -0.25) is 4.40 Å². The first-order valence-electron chi connectivity index (χ1n) is 4.72. The molecule has 0 aliphatic heterocycles. The van der Waals surface area contributed by atoms with Gasteiger partial charge in [0.05, 0.1) is 5.69 Å². The van der Waals surface area contributed by atoms with Gasteiger partial charge in [0.1, 0.15) is 5.65 Å². The molecule has 0 spiro atoms. The van der Waals surface area contributed by atoms with E-state index in [-0.39, 0.29) is 0 Å². The molecule has 0 N–H and O–H groups in total. The molecule has 0 fully saturated rings. The largest absolute Gasteiger partial charge is 0.290 e. The van der Waals surface area contributed by atoms with Crippen molar-refractivity contribution in [1.29, 1.82) is 0 Å². The number of pyridine rings is 1. The molecule has 0 aliphatic carbocycles. The highest BCUT2D eigenvalue weighted by molar-refractivity contribution is 5.45. The summed E-state index contributed by atoms with van der Waals surface area (Å²) in [5, 5.41) is 0. The maximum atomic E-state index is 5.35. The first-order valence-corrected chi connectivity index (χ1v) is 4.72. The van der Waals surface area contributed by atoms with Crippen LogP contribution in [0, 0.1) is 19.3 Å². The van der Waals surface area contributed by atoms with Crippen molar-refractivity contribution in [3.05, 3.63) is 35.8 Å². The third-order valence-corrected chi connectivity index (χ3v) is 1.85. The second-order valence-electron chi connectivity index (χ2n) is 2.65. The highest BCUT2D eigenvalue weighted by Gasteiger charge is 2.00. The van der Waals surface area contributed by atoms with Crippen molar-refractivity contribution in [2.75, 3.05) is 0 Å². The summed E-state index contributed by atoms with van der Waals surface area (Å²) >= 11 is 0. The summed E-state index contributed by atoms with van der Waals surface area (Å²) in [5.41, 5.74) is 2.82. The molecule has 2 heteroatoms. The highest BCUT2D eigenvalue weighted by Crippen LogP contribution is 2.08. The fraction of sp³-hybridized carbons (Fsp3) is 0.250.